The third-order valence-electron chi connectivity index (χ3n) is 5.48. The Labute approximate surface area is 146 Å². The standard InChI is InChI=1S/C22H29NO/c1-18-9-10-21(13-19(18)2)15-23-12-6-11-22(16-23,17-24)14-20-7-4-3-5-8-20/h3-5,7-10,13,24H,6,11-12,14-17H2,1-2H3. The summed E-state index contributed by atoms with van der Waals surface area (Å²) in [5.41, 5.74) is 5.43. The molecule has 0 amide bonds. The molecule has 24 heavy (non-hydrogen) atoms. The molecule has 1 aliphatic rings. The van der Waals surface area contributed by atoms with Crippen LogP contribution in [0.5, 0.6) is 0 Å². The van der Waals surface area contributed by atoms with Gasteiger partial charge in [0.05, 0.1) is 6.61 Å². The highest BCUT2D eigenvalue weighted by molar-refractivity contribution is 5.30. The fourth-order valence-corrected chi connectivity index (χ4v) is 3.96. The molecule has 0 aromatic heterocycles. The third kappa shape index (κ3) is 4.06. The number of likely N-dealkylation sites (tertiary alicyclic amines) is 1. The second-order valence-electron chi connectivity index (χ2n) is 7.55. The lowest BCUT2D eigenvalue weighted by Crippen LogP contribution is -2.46. The van der Waals surface area contributed by atoms with Gasteiger partial charge in [-0.3, -0.25) is 4.90 Å². The summed E-state index contributed by atoms with van der Waals surface area (Å²) in [6.45, 7) is 7.71. The minimum absolute atomic E-state index is 0.000650. The molecule has 1 saturated heterocycles. The first-order valence-corrected chi connectivity index (χ1v) is 9.03. The number of aliphatic hydroxyl groups is 1. The summed E-state index contributed by atoms with van der Waals surface area (Å²) in [6.07, 6.45) is 3.24. The van der Waals surface area contributed by atoms with Crippen LogP contribution in [0.2, 0.25) is 0 Å². The van der Waals surface area contributed by atoms with Gasteiger partial charge in [-0.15, -0.1) is 0 Å². The fourth-order valence-electron chi connectivity index (χ4n) is 3.96. The van der Waals surface area contributed by atoms with Gasteiger partial charge in [-0.05, 0) is 61.9 Å². The number of aryl methyl sites for hydroxylation is 2. The van der Waals surface area contributed by atoms with Crippen molar-refractivity contribution in [2.75, 3.05) is 19.7 Å². The predicted molar refractivity (Wildman–Crippen MR) is 100 cm³/mol. The molecular weight excluding hydrogens is 294 g/mol. The predicted octanol–water partition coefficient (Wildman–Crippen LogP) is 4.12. The lowest BCUT2D eigenvalue weighted by molar-refractivity contribution is 0.0288. The van der Waals surface area contributed by atoms with Crippen molar-refractivity contribution >= 4 is 0 Å². The second-order valence-corrected chi connectivity index (χ2v) is 7.55. The Morgan fingerprint density at radius 1 is 1.00 bits per heavy atom. The molecule has 2 nitrogen and oxygen atoms in total. The van der Waals surface area contributed by atoms with Gasteiger partial charge < -0.3 is 5.11 Å². The first-order valence-electron chi connectivity index (χ1n) is 9.03. The van der Waals surface area contributed by atoms with Crippen molar-refractivity contribution in [3.05, 3.63) is 70.8 Å². The number of hydrogen-bond acceptors (Lipinski definition) is 2. The molecule has 0 bridgehead atoms. The fraction of sp³-hybridized carbons (Fsp3) is 0.455. The minimum atomic E-state index is -0.000650. The van der Waals surface area contributed by atoms with E-state index in [0.29, 0.717) is 0 Å². The zero-order valence-electron chi connectivity index (χ0n) is 15.0. The molecule has 0 aliphatic carbocycles. The van der Waals surface area contributed by atoms with Crippen LogP contribution < -0.4 is 0 Å². The van der Waals surface area contributed by atoms with Gasteiger partial charge in [-0.1, -0.05) is 48.5 Å². The van der Waals surface area contributed by atoms with E-state index in [0.717, 1.165) is 38.9 Å². The zero-order chi connectivity index (χ0) is 17.0. The molecule has 0 saturated carbocycles. The van der Waals surface area contributed by atoms with E-state index in [1.54, 1.807) is 0 Å². The summed E-state index contributed by atoms with van der Waals surface area (Å²) in [4.78, 5) is 2.52. The smallest absolute Gasteiger partial charge is 0.0502 e. The molecule has 1 atom stereocenters. The SMILES string of the molecule is Cc1ccc(CN2CCCC(CO)(Cc3ccccc3)C2)cc1C. The Kier molecular flexibility index (Phi) is 5.37. The highest BCUT2D eigenvalue weighted by Gasteiger charge is 2.35. The monoisotopic (exact) mass is 323 g/mol. The van der Waals surface area contributed by atoms with Crippen LogP contribution in [0.4, 0.5) is 0 Å². The number of aliphatic hydroxyl groups excluding tert-OH is 1. The molecular formula is C22H29NO. The van der Waals surface area contributed by atoms with E-state index in [9.17, 15) is 5.11 Å². The number of hydrogen-bond donors (Lipinski definition) is 1. The van der Waals surface area contributed by atoms with Crippen molar-refractivity contribution in [2.24, 2.45) is 5.41 Å². The van der Waals surface area contributed by atoms with Crippen LogP contribution in [-0.4, -0.2) is 29.7 Å². The van der Waals surface area contributed by atoms with Crippen LogP contribution in [0.25, 0.3) is 0 Å². The van der Waals surface area contributed by atoms with Gasteiger partial charge in [0.2, 0.25) is 0 Å². The van der Waals surface area contributed by atoms with E-state index in [4.69, 9.17) is 0 Å². The van der Waals surface area contributed by atoms with Gasteiger partial charge >= 0.3 is 0 Å². The lowest BCUT2D eigenvalue weighted by atomic mass is 9.75. The van der Waals surface area contributed by atoms with Gasteiger partial charge in [0.1, 0.15) is 0 Å². The second kappa shape index (κ2) is 7.50. The van der Waals surface area contributed by atoms with Gasteiger partial charge in [-0.25, -0.2) is 0 Å². The van der Waals surface area contributed by atoms with E-state index in [1.165, 1.54) is 22.3 Å². The van der Waals surface area contributed by atoms with Gasteiger partial charge in [0.15, 0.2) is 0 Å². The highest BCUT2D eigenvalue weighted by atomic mass is 16.3. The molecule has 2 heteroatoms. The van der Waals surface area contributed by atoms with Crippen LogP contribution >= 0.6 is 0 Å². The van der Waals surface area contributed by atoms with E-state index in [2.05, 4.69) is 67.3 Å². The lowest BCUT2D eigenvalue weighted by Gasteiger charge is -2.42. The van der Waals surface area contributed by atoms with Gasteiger partial charge in [-0.2, -0.15) is 0 Å². The average molecular weight is 323 g/mol. The number of rotatable bonds is 5. The Morgan fingerprint density at radius 3 is 2.50 bits per heavy atom. The van der Waals surface area contributed by atoms with Crippen LogP contribution in [0.3, 0.4) is 0 Å². The highest BCUT2D eigenvalue weighted by Crippen LogP contribution is 2.34. The first-order chi connectivity index (χ1) is 11.6. The third-order valence-corrected chi connectivity index (χ3v) is 5.48. The molecule has 0 spiro atoms. The van der Waals surface area contributed by atoms with E-state index in [-0.39, 0.29) is 12.0 Å². The summed E-state index contributed by atoms with van der Waals surface area (Å²) in [7, 11) is 0. The topological polar surface area (TPSA) is 23.5 Å². The van der Waals surface area contributed by atoms with Crippen LogP contribution in [0.15, 0.2) is 48.5 Å². The zero-order valence-corrected chi connectivity index (χ0v) is 15.0. The summed E-state index contributed by atoms with van der Waals surface area (Å²) in [5, 5.41) is 10.1. The summed E-state index contributed by atoms with van der Waals surface area (Å²) < 4.78 is 0. The number of piperidine rings is 1. The molecule has 2 aromatic carbocycles. The van der Waals surface area contributed by atoms with Gasteiger partial charge in [0.25, 0.3) is 0 Å². The first kappa shape index (κ1) is 17.2. The van der Waals surface area contributed by atoms with Crippen LogP contribution in [-0.2, 0) is 13.0 Å². The van der Waals surface area contributed by atoms with E-state index >= 15 is 0 Å². The van der Waals surface area contributed by atoms with Crippen molar-refractivity contribution in [3.63, 3.8) is 0 Å². The van der Waals surface area contributed by atoms with Crippen molar-refractivity contribution in [1.29, 1.82) is 0 Å². The molecule has 1 aliphatic heterocycles. The Hall–Kier alpha value is -1.64. The molecule has 2 aromatic rings. The van der Waals surface area contributed by atoms with Crippen molar-refractivity contribution < 1.29 is 5.11 Å². The summed E-state index contributed by atoms with van der Waals surface area (Å²) >= 11 is 0. The van der Waals surface area contributed by atoms with E-state index < -0.39 is 0 Å². The maximum absolute atomic E-state index is 10.1. The molecule has 1 fully saturated rings. The molecule has 1 unspecified atom stereocenters. The number of benzene rings is 2. The Balaban J connectivity index is 1.70. The normalized spacial score (nSPS) is 21.8. The maximum Gasteiger partial charge on any atom is 0.0502 e. The molecule has 1 heterocycles. The van der Waals surface area contributed by atoms with Crippen LogP contribution in [0, 0.1) is 19.3 Å². The minimum Gasteiger partial charge on any atom is -0.396 e. The van der Waals surface area contributed by atoms with Crippen molar-refractivity contribution in [2.45, 2.75) is 39.7 Å². The molecule has 128 valence electrons. The van der Waals surface area contributed by atoms with E-state index in [1.807, 2.05) is 0 Å². The average Bonchev–Trinajstić information content (AvgIpc) is 2.59. The van der Waals surface area contributed by atoms with Crippen LogP contribution in [0.1, 0.15) is 35.1 Å². The Morgan fingerprint density at radius 2 is 1.79 bits per heavy atom. The number of nitrogens with zero attached hydrogens (tertiary/aromatic N) is 1. The van der Waals surface area contributed by atoms with Crippen molar-refractivity contribution in [1.82, 2.24) is 4.90 Å². The summed E-state index contributed by atoms with van der Waals surface area (Å²) in [6, 6.07) is 17.4. The van der Waals surface area contributed by atoms with Crippen molar-refractivity contribution in [3.8, 4) is 0 Å². The largest absolute Gasteiger partial charge is 0.396 e. The molecule has 3 rings (SSSR count). The maximum atomic E-state index is 10.1. The Bertz CT molecular complexity index is 667. The quantitative estimate of drug-likeness (QED) is 0.894. The summed E-state index contributed by atoms with van der Waals surface area (Å²) in [5.74, 6) is 0. The van der Waals surface area contributed by atoms with Gasteiger partial charge in [0, 0.05) is 18.5 Å². The molecule has 0 radical (unpaired) electrons. The molecule has 1 N–H and O–H groups in total.